The Morgan fingerprint density at radius 2 is 2.00 bits per heavy atom. The normalized spacial score (nSPS) is 10.4. The zero-order valence-electron chi connectivity index (χ0n) is 8.64. The van der Waals surface area contributed by atoms with Crippen LogP contribution in [0.5, 0.6) is 0 Å². The van der Waals surface area contributed by atoms with Crippen molar-refractivity contribution in [1.82, 2.24) is 9.97 Å². The Balaban J connectivity index is 2.35. The summed E-state index contributed by atoms with van der Waals surface area (Å²) >= 11 is 7.52. The van der Waals surface area contributed by atoms with Gasteiger partial charge >= 0.3 is 0 Å². The van der Waals surface area contributed by atoms with Crippen molar-refractivity contribution in [3.05, 3.63) is 41.2 Å². The van der Waals surface area contributed by atoms with Crippen molar-refractivity contribution >= 4 is 29.2 Å². The Hall–Kier alpha value is -1.26. The van der Waals surface area contributed by atoms with Gasteiger partial charge in [0.05, 0.1) is 0 Å². The average molecular weight is 252 g/mol. The van der Waals surface area contributed by atoms with Crippen LogP contribution >= 0.6 is 23.4 Å². The fourth-order valence-electron chi connectivity index (χ4n) is 1.21. The van der Waals surface area contributed by atoms with E-state index in [0.29, 0.717) is 15.9 Å². The van der Waals surface area contributed by atoms with E-state index in [1.165, 1.54) is 23.7 Å². The van der Waals surface area contributed by atoms with Gasteiger partial charge in [-0.3, -0.25) is 0 Å². The molecule has 0 amide bonds. The van der Waals surface area contributed by atoms with E-state index in [4.69, 9.17) is 17.3 Å². The number of anilines is 1. The third-order valence-electron chi connectivity index (χ3n) is 2.08. The van der Waals surface area contributed by atoms with E-state index in [1.807, 2.05) is 31.2 Å². The highest BCUT2D eigenvalue weighted by atomic mass is 35.5. The highest BCUT2D eigenvalue weighted by Crippen LogP contribution is 2.34. The van der Waals surface area contributed by atoms with Crippen molar-refractivity contribution < 1.29 is 0 Å². The molecule has 0 fully saturated rings. The fraction of sp³-hybridized carbons (Fsp3) is 0.0909. The van der Waals surface area contributed by atoms with Crippen LogP contribution in [0.15, 0.2) is 40.5 Å². The maximum atomic E-state index is 6.02. The molecule has 0 spiro atoms. The summed E-state index contributed by atoms with van der Waals surface area (Å²) in [6.45, 7) is 2.04. The van der Waals surface area contributed by atoms with Crippen LogP contribution in [-0.4, -0.2) is 9.97 Å². The minimum Gasteiger partial charge on any atom is -0.382 e. The molecule has 2 aromatic rings. The number of hydrogen-bond acceptors (Lipinski definition) is 4. The van der Waals surface area contributed by atoms with E-state index in [-0.39, 0.29) is 0 Å². The molecule has 0 saturated carbocycles. The van der Waals surface area contributed by atoms with Crippen molar-refractivity contribution in [2.75, 3.05) is 5.73 Å². The van der Waals surface area contributed by atoms with Gasteiger partial charge in [0.15, 0.2) is 0 Å². The summed E-state index contributed by atoms with van der Waals surface area (Å²) in [5, 5.41) is 1.10. The summed E-state index contributed by atoms with van der Waals surface area (Å²) in [6.07, 6.45) is 1.42. The van der Waals surface area contributed by atoms with Gasteiger partial charge in [0.2, 0.25) is 0 Å². The topological polar surface area (TPSA) is 51.8 Å². The number of benzene rings is 1. The number of halogens is 1. The Kier molecular flexibility index (Phi) is 3.31. The van der Waals surface area contributed by atoms with Crippen LogP contribution in [0.3, 0.4) is 0 Å². The third kappa shape index (κ3) is 2.28. The second-order valence-electron chi connectivity index (χ2n) is 3.25. The monoisotopic (exact) mass is 251 g/mol. The summed E-state index contributed by atoms with van der Waals surface area (Å²) in [5.41, 5.74) is 6.80. The van der Waals surface area contributed by atoms with E-state index in [0.717, 1.165) is 4.90 Å². The van der Waals surface area contributed by atoms with E-state index in [1.54, 1.807) is 0 Å². The lowest BCUT2D eigenvalue weighted by Gasteiger charge is -2.06. The molecule has 3 nitrogen and oxygen atoms in total. The maximum absolute atomic E-state index is 6.02. The lowest BCUT2D eigenvalue weighted by Crippen LogP contribution is -1.94. The Morgan fingerprint density at radius 1 is 1.25 bits per heavy atom. The smallest absolute Gasteiger partial charge is 0.146 e. The van der Waals surface area contributed by atoms with Gasteiger partial charge in [-0.25, -0.2) is 9.97 Å². The first-order valence-electron chi connectivity index (χ1n) is 4.68. The highest BCUT2D eigenvalue weighted by Gasteiger charge is 2.09. The number of nitrogens with zero attached hydrogens (tertiary/aromatic N) is 2. The summed E-state index contributed by atoms with van der Waals surface area (Å²) < 4.78 is 0. The van der Waals surface area contributed by atoms with Crippen molar-refractivity contribution in [1.29, 1.82) is 0 Å². The first-order chi connectivity index (χ1) is 7.68. The van der Waals surface area contributed by atoms with Crippen LogP contribution < -0.4 is 5.73 Å². The molecule has 1 heterocycles. The highest BCUT2D eigenvalue weighted by molar-refractivity contribution is 7.99. The molecule has 2 N–H and O–H groups in total. The first kappa shape index (κ1) is 11.2. The van der Waals surface area contributed by atoms with Crippen molar-refractivity contribution in [3.63, 3.8) is 0 Å². The fourth-order valence-corrected chi connectivity index (χ4v) is 2.30. The quantitative estimate of drug-likeness (QED) is 0.833. The molecule has 0 atom stereocenters. The van der Waals surface area contributed by atoms with Crippen LogP contribution in [0.1, 0.15) is 5.56 Å². The molecule has 0 aliphatic carbocycles. The Labute approximate surface area is 103 Å². The standard InChI is InChI=1S/C11H10ClN3S/c1-7-4-2-3-5-8(7)16-11-9(12)10(13)14-6-15-11/h2-6H,1H3,(H2,13,14,15). The summed E-state index contributed by atoms with van der Waals surface area (Å²) in [6, 6.07) is 8.04. The lowest BCUT2D eigenvalue weighted by molar-refractivity contribution is 1.05. The van der Waals surface area contributed by atoms with Crippen LogP contribution in [-0.2, 0) is 0 Å². The third-order valence-corrected chi connectivity index (χ3v) is 3.75. The van der Waals surface area contributed by atoms with Crippen molar-refractivity contribution in [2.45, 2.75) is 16.8 Å². The molecule has 82 valence electrons. The van der Waals surface area contributed by atoms with E-state index in [9.17, 15) is 0 Å². The van der Waals surface area contributed by atoms with Gasteiger partial charge < -0.3 is 5.73 Å². The van der Waals surface area contributed by atoms with Crippen molar-refractivity contribution in [3.8, 4) is 0 Å². The predicted molar refractivity (Wildman–Crippen MR) is 66.8 cm³/mol. The molecule has 0 unspecified atom stereocenters. The second-order valence-corrected chi connectivity index (χ2v) is 4.65. The maximum Gasteiger partial charge on any atom is 0.146 e. The number of aromatic nitrogens is 2. The van der Waals surface area contributed by atoms with Crippen LogP contribution in [0.2, 0.25) is 5.02 Å². The molecule has 1 aromatic heterocycles. The van der Waals surface area contributed by atoms with Crippen LogP contribution in [0.4, 0.5) is 5.82 Å². The number of nitrogens with two attached hydrogens (primary N) is 1. The molecule has 0 radical (unpaired) electrons. The summed E-state index contributed by atoms with van der Waals surface area (Å²) in [7, 11) is 0. The van der Waals surface area contributed by atoms with E-state index >= 15 is 0 Å². The first-order valence-corrected chi connectivity index (χ1v) is 5.87. The molecule has 0 aliphatic heterocycles. The van der Waals surface area contributed by atoms with Gasteiger partial charge in [-0.1, -0.05) is 41.6 Å². The molecule has 0 saturated heterocycles. The molecule has 0 aliphatic rings. The zero-order valence-corrected chi connectivity index (χ0v) is 10.2. The molecule has 1 aromatic carbocycles. The zero-order chi connectivity index (χ0) is 11.5. The molecule has 2 rings (SSSR count). The van der Waals surface area contributed by atoms with Gasteiger partial charge in [-0.15, -0.1) is 0 Å². The lowest BCUT2D eigenvalue weighted by atomic mass is 10.2. The van der Waals surface area contributed by atoms with E-state index in [2.05, 4.69) is 9.97 Å². The minimum atomic E-state index is 0.313. The predicted octanol–water partition coefficient (Wildman–Crippen LogP) is 3.17. The summed E-state index contributed by atoms with van der Waals surface area (Å²) in [4.78, 5) is 9.05. The number of rotatable bonds is 2. The average Bonchev–Trinajstić information content (AvgIpc) is 2.28. The minimum absolute atomic E-state index is 0.313. The van der Waals surface area contributed by atoms with Gasteiger partial charge in [-0.2, -0.15) is 0 Å². The van der Waals surface area contributed by atoms with Gasteiger partial charge in [0, 0.05) is 4.90 Å². The van der Waals surface area contributed by atoms with Gasteiger partial charge in [0.25, 0.3) is 0 Å². The Bertz CT molecular complexity index is 516. The SMILES string of the molecule is Cc1ccccc1Sc1ncnc(N)c1Cl. The number of hydrogen-bond donors (Lipinski definition) is 1. The largest absolute Gasteiger partial charge is 0.382 e. The molecular formula is C11H10ClN3S. The van der Waals surface area contributed by atoms with Crippen LogP contribution in [0, 0.1) is 6.92 Å². The number of nitrogen functional groups attached to an aromatic ring is 1. The number of aryl methyl sites for hydroxylation is 1. The Morgan fingerprint density at radius 3 is 2.75 bits per heavy atom. The van der Waals surface area contributed by atoms with Crippen LogP contribution in [0.25, 0.3) is 0 Å². The van der Waals surface area contributed by atoms with Gasteiger partial charge in [-0.05, 0) is 18.6 Å². The molecule has 0 bridgehead atoms. The summed E-state index contributed by atoms with van der Waals surface area (Å²) in [5.74, 6) is 0.313. The van der Waals surface area contributed by atoms with Gasteiger partial charge in [0.1, 0.15) is 22.2 Å². The molecule has 5 heteroatoms. The second kappa shape index (κ2) is 4.72. The van der Waals surface area contributed by atoms with Crippen molar-refractivity contribution in [2.24, 2.45) is 0 Å². The molecule has 16 heavy (non-hydrogen) atoms. The van der Waals surface area contributed by atoms with E-state index < -0.39 is 0 Å². The molecular weight excluding hydrogens is 242 g/mol.